The highest BCUT2D eigenvalue weighted by Gasteiger charge is 2.38. The molecule has 5 N–H and O–H groups in total. The Labute approximate surface area is 358 Å². The summed E-state index contributed by atoms with van der Waals surface area (Å²) in [5.41, 5.74) is 7.39. The van der Waals surface area contributed by atoms with Crippen molar-refractivity contribution in [1.29, 1.82) is 0 Å². The number of hydrogen-bond acceptors (Lipinski definition) is 9. The number of carbonyl (C=O) groups is 4. The van der Waals surface area contributed by atoms with Gasteiger partial charge >= 0.3 is 0 Å². The molecule has 8 rings (SSSR count). The number of hydrogen-bond donors (Lipinski definition) is 5. The number of imidazole rings is 3. The van der Waals surface area contributed by atoms with E-state index in [1.54, 1.807) is 22.4 Å². The standard InChI is InChI=1S/C45H52N10O5S/c1-25(2)37(48-27(5)57)43(59)53-18-6-8-34(53)41-47-23-33(50-41)29-12-16-31(17-13-29)40-39(52-45-55(40)20-21-61-45)30-14-10-28(11-15-30)32-22-46-42(49-32)35-9-7-19-54(35)44(60)38(26(3)4)51-36(58)24-56/h10-17,20-23,25-26,34-35,37-38,56H,6-9,18-19,24H2,1-5H3,(H,46,49)(H,47,50)(H,48,57)(H,51,58)/t34?,35-,37-,38-/m0/s1. The van der Waals surface area contributed by atoms with Gasteiger partial charge in [-0.3, -0.25) is 23.6 Å². The number of nitrogens with one attached hydrogen (secondary N) is 4. The maximum atomic E-state index is 13.6. The number of benzene rings is 2. The molecule has 0 aliphatic carbocycles. The lowest BCUT2D eigenvalue weighted by molar-refractivity contribution is -0.139. The lowest BCUT2D eigenvalue weighted by atomic mass is 10.0. The number of nitrogens with zero attached hydrogens (tertiary/aromatic N) is 6. The largest absolute Gasteiger partial charge is 0.387 e. The van der Waals surface area contributed by atoms with Crippen LogP contribution in [-0.2, 0) is 19.2 Å². The molecule has 15 nitrogen and oxygen atoms in total. The fourth-order valence-corrected chi connectivity index (χ4v) is 9.35. The van der Waals surface area contributed by atoms with Crippen molar-refractivity contribution in [3.05, 3.63) is 84.2 Å². The molecule has 2 aliphatic rings. The van der Waals surface area contributed by atoms with Crippen molar-refractivity contribution in [1.82, 2.24) is 49.8 Å². The van der Waals surface area contributed by atoms with Gasteiger partial charge in [-0.1, -0.05) is 76.2 Å². The van der Waals surface area contributed by atoms with Crippen LogP contribution in [0.2, 0.25) is 0 Å². The zero-order valence-corrected chi connectivity index (χ0v) is 35.8. The first-order chi connectivity index (χ1) is 29.4. The minimum atomic E-state index is -0.734. The van der Waals surface area contributed by atoms with E-state index in [0.29, 0.717) is 18.9 Å². The van der Waals surface area contributed by atoms with E-state index >= 15 is 0 Å². The van der Waals surface area contributed by atoms with Crippen LogP contribution < -0.4 is 10.6 Å². The third-order valence-electron chi connectivity index (χ3n) is 11.8. The van der Waals surface area contributed by atoms with Gasteiger partial charge < -0.3 is 35.5 Å². The summed E-state index contributed by atoms with van der Waals surface area (Å²) in [4.78, 5) is 77.0. The summed E-state index contributed by atoms with van der Waals surface area (Å²) < 4.78 is 2.11. The van der Waals surface area contributed by atoms with Gasteiger partial charge in [-0.05, 0) is 48.6 Å². The fraction of sp³-hybridized carbons (Fsp3) is 0.400. The number of thiazole rings is 1. The minimum absolute atomic E-state index is 0.0407. The van der Waals surface area contributed by atoms with E-state index in [0.717, 1.165) is 81.5 Å². The molecule has 61 heavy (non-hydrogen) atoms. The zero-order valence-electron chi connectivity index (χ0n) is 35.0. The molecule has 1 unspecified atom stereocenters. The lowest BCUT2D eigenvalue weighted by Crippen LogP contribution is -2.51. The summed E-state index contributed by atoms with van der Waals surface area (Å²) in [5, 5.41) is 16.8. The van der Waals surface area contributed by atoms with Crippen LogP contribution in [0.1, 0.15) is 84.0 Å². The van der Waals surface area contributed by atoms with E-state index < -0.39 is 24.6 Å². The smallest absolute Gasteiger partial charge is 0.246 e. The summed E-state index contributed by atoms with van der Waals surface area (Å²) in [6.07, 6.45) is 8.88. The van der Waals surface area contributed by atoms with E-state index in [1.165, 1.54) is 6.92 Å². The maximum Gasteiger partial charge on any atom is 0.246 e. The number of aliphatic hydroxyl groups is 1. The van der Waals surface area contributed by atoms with E-state index in [2.05, 4.69) is 61.4 Å². The Hall–Kier alpha value is -6.13. The Balaban J connectivity index is 0.993. The van der Waals surface area contributed by atoms with Crippen molar-refractivity contribution in [2.45, 2.75) is 84.5 Å². The number of aromatic nitrogens is 6. The number of aliphatic hydroxyl groups excluding tert-OH is 1. The highest BCUT2D eigenvalue weighted by atomic mass is 32.1. The second kappa shape index (κ2) is 17.5. The molecule has 6 heterocycles. The van der Waals surface area contributed by atoms with Crippen LogP contribution in [0, 0.1) is 11.8 Å². The third kappa shape index (κ3) is 8.33. The molecule has 4 amide bonds. The molecule has 16 heteroatoms. The molecule has 2 aromatic carbocycles. The van der Waals surface area contributed by atoms with E-state index in [9.17, 15) is 24.3 Å². The van der Waals surface area contributed by atoms with Crippen LogP contribution in [-0.4, -0.2) is 99.6 Å². The number of rotatable bonds is 13. The summed E-state index contributed by atoms with van der Waals surface area (Å²) in [6, 6.07) is 14.8. The molecule has 2 fully saturated rings. The molecule has 0 bridgehead atoms. The van der Waals surface area contributed by atoms with Crippen molar-refractivity contribution in [3.8, 4) is 45.0 Å². The predicted molar refractivity (Wildman–Crippen MR) is 233 cm³/mol. The van der Waals surface area contributed by atoms with E-state index in [-0.39, 0.29) is 41.6 Å². The highest BCUT2D eigenvalue weighted by molar-refractivity contribution is 7.15. The first-order valence-corrected chi connectivity index (χ1v) is 21.8. The number of amides is 4. The summed E-state index contributed by atoms with van der Waals surface area (Å²) in [5.74, 6) is 0.196. The zero-order chi connectivity index (χ0) is 42.9. The Kier molecular flexibility index (Phi) is 11.9. The van der Waals surface area contributed by atoms with Crippen LogP contribution in [0.5, 0.6) is 0 Å². The van der Waals surface area contributed by atoms with Crippen molar-refractivity contribution in [2.24, 2.45) is 11.8 Å². The molecule has 4 aromatic heterocycles. The molecule has 0 saturated carbocycles. The predicted octanol–water partition coefficient (Wildman–Crippen LogP) is 6.13. The van der Waals surface area contributed by atoms with Crippen LogP contribution in [0.15, 0.2) is 72.5 Å². The Bertz CT molecular complexity index is 2530. The average Bonchev–Trinajstić information content (AvgIpc) is 4.11. The number of H-pyrrole nitrogens is 2. The van der Waals surface area contributed by atoms with Gasteiger partial charge in [0.1, 0.15) is 30.3 Å². The third-order valence-corrected chi connectivity index (χ3v) is 12.5. The number of aromatic amines is 2. The quantitative estimate of drug-likeness (QED) is 0.0916. The van der Waals surface area contributed by atoms with Crippen LogP contribution in [0.3, 0.4) is 0 Å². The molecular formula is C45H52N10O5S. The average molecular weight is 845 g/mol. The van der Waals surface area contributed by atoms with Gasteiger partial charge in [0.05, 0.1) is 47.3 Å². The molecular weight excluding hydrogens is 793 g/mol. The Morgan fingerprint density at radius 3 is 1.74 bits per heavy atom. The SMILES string of the molecule is CC(=O)N[C@H](C(=O)N1CCCC1c1ncc(-c2ccc(-c3c(-c4ccc(-c5cnc([C@@H]6CCCN6C(=O)[C@@H](NC(=O)CO)C(C)C)[nH]5)cc4)nc4sccn34)cc2)[nH]1)C(C)C. The normalized spacial score (nSPS) is 17.7. The summed E-state index contributed by atoms with van der Waals surface area (Å²) >= 11 is 1.58. The molecule has 0 spiro atoms. The highest BCUT2D eigenvalue weighted by Crippen LogP contribution is 2.38. The molecule has 2 aliphatic heterocycles. The van der Waals surface area contributed by atoms with E-state index in [1.807, 2.05) is 62.5 Å². The van der Waals surface area contributed by atoms with Crippen molar-refractivity contribution >= 4 is 39.9 Å². The first-order valence-electron chi connectivity index (χ1n) is 21.0. The van der Waals surface area contributed by atoms with Gasteiger partial charge in [0, 0.05) is 42.7 Å². The molecule has 2 saturated heterocycles. The number of fused-ring (bicyclic) bond motifs is 1. The van der Waals surface area contributed by atoms with Gasteiger partial charge in [0.25, 0.3) is 0 Å². The molecule has 6 aromatic rings. The van der Waals surface area contributed by atoms with Crippen molar-refractivity contribution in [2.75, 3.05) is 19.7 Å². The lowest BCUT2D eigenvalue weighted by Gasteiger charge is -2.30. The molecule has 318 valence electrons. The van der Waals surface area contributed by atoms with Gasteiger partial charge in [0.2, 0.25) is 23.6 Å². The van der Waals surface area contributed by atoms with E-state index in [4.69, 9.17) is 15.0 Å². The first kappa shape index (κ1) is 41.6. The maximum absolute atomic E-state index is 13.6. The van der Waals surface area contributed by atoms with Crippen LogP contribution >= 0.6 is 11.3 Å². The number of carbonyl (C=O) groups excluding carboxylic acids is 4. The van der Waals surface area contributed by atoms with Gasteiger partial charge in [-0.15, -0.1) is 11.3 Å². The number of likely N-dealkylation sites (tertiary alicyclic amines) is 2. The minimum Gasteiger partial charge on any atom is -0.387 e. The molecule has 0 radical (unpaired) electrons. The fourth-order valence-electron chi connectivity index (χ4n) is 8.64. The Morgan fingerprint density at radius 2 is 1.25 bits per heavy atom. The molecule has 4 atom stereocenters. The van der Waals surface area contributed by atoms with Crippen LogP contribution in [0.25, 0.3) is 50.0 Å². The van der Waals surface area contributed by atoms with Crippen molar-refractivity contribution in [3.63, 3.8) is 0 Å². The topological polar surface area (TPSA) is 194 Å². The summed E-state index contributed by atoms with van der Waals surface area (Å²) in [7, 11) is 0. The van der Waals surface area contributed by atoms with Gasteiger partial charge in [0.15, 0.2) is 4.96 Å². The van der Waals surface area contributed by atoms with Gasteiger partial charge in [-0.25, -0.2) is 15.0 Å². The second-order valence-electron chi connectivity index (χ2n) is 16.6. The second-order valence-corrected chi connectivity index (χ2v) is 17.5. The summed E-state index contributed by atoms with van der Waals surface area (Å²) in [6.45, 7) is 9.59. The Morgan fingerprint density at radius 1 is 0.754 bits per heavy atom. The van der Waals surface area contributed by atoms with Gasteiger partial charge in [-0.2, -0.15) is 0 Å². The monoisotopic (exact) mass is 844 g/mol. The van der Waals surface area contributed by atoms with Crippen LogP contribution in [0.4, 0.5) is 0 Å². The van der Waals surface area contributed by atoms with Crippen molar-refractivity contribution < 1.29 is 24.3 Å².